The summed E-state index contributed by atoms with van der Waals surface area (Å²) in [5, 5.41) is 4.97. The van der Waals surface area contributed by atoms with Crippen LogP contribution < -0.4 is 10.0 Å². The number of aromatic nitrogens is 2. The van der Waals surface area contributed by atoms with E-state index in [0.717, 1.165) is 29.3 Å². The smallest absolute Gasteiger partial charge is 0.241 e. The molecule has 0 saturated carbocycles. The number of nitrogens with zero attached hydrogens (tertiary/aromatic N) is 2. The van der Waals surface area contributed by atoms with Gasteiger partial charge in [0.2, 0.25) is 10.0 Å². The average Bonchev–Trinajstić information content (AvgIpc) is 2.66. The van der Waals surface area contributed by atoms with Crippen LogP contribution in [-0.2, 0) is 16.4 Å². The van der Waals surface area contributed by atoms with Gasteiger partial charge in [-0.15, -0.1) is 0 Å². The Labute approximate surface area is 167 Å². The van der Waals surface area contributed by atoms with E-state index in [1.54, 1.807) is 36.8 Å². The van der Waals surface area contributed by atoms with E-state index in [4.69, 9.17) is 0 Å². The van der Waals surface area contributed by atoms with Gasteiger partial charge in [0.05, 0.1) is 4.90 Å². The van der Waals surface area contributed by atoms with Crippen molar-refractivity contribution in [3.8, 4) is 0 Å². The minimum Gasteiger partial charge on any atom is -0.315 e. The molecule has 2 N–H and O–H groups in total. The van der Waals surface area contributed by atoms with Gasteiger partial charge in [-0.3, -0.25) is 9.97 Å². The molecule has 142 valence electrons. The SMILES string of the molecule is CC(CNCCc1cccnc1)NS(=O)(=O)c1ccc2cnccc2c1Br. The van der Waals surface area contributed by atoms with Crippen LogP contribution in [0.2, 0.25) is 0 Å². The highest BCUT2D eigenvalue weighted by molar-refractivity contribution is 9.10. The van der Waals surface area contributed by atoms with Crippen molar-refractivity contribution in [2.45, 2.75) is 24.3 Å². The Morgan fingerprint density at radius 3 is 2.70 bits per heavy atom. The molecule has 3 rings (SSSR count). The fourth-order valence-electron chi connectivity index (χ4n) is 2.79. The van der Waals surface area contributed by atoms with Gasteiger partial charge in [-0.1, -0.05) is 12.1 Å². The summed E-state index contributed by atoms with van der Waals surface area (Å²) in [4.78, 5) is 8.37. The first kappa shape index (κ1) is 19.9. The van der Waals surface area contributed by atoms with E-state index >= 15 is 0 Å². The third-order valence-corrected chi connectivity index (χ3v) is 6.88. The molecule has 1 atom stereocenters. The Kier molecular flexibility index (Phi) is 6.54. The van der Waals surface area contributed by atoms with E-state index in [1.807, 2.05) is 25.3 Å². The zero-order chi connectivity index (χ0) is 19.3. The molecular formula is C19H21BrN4O2S. The molecule has 0 bridgehead atoms. The molecule has 0 radical (unpaired) electrons. The van der Waals surface area contributed by atoms with E-state index < -0.39 is 10.0 Å². The number of rotatable bonds is 8. The molecule has 2 aromatic heterocycles. The Hall–Kier alpha value is -1.87. The maximum Gasteiger partial charge on any atom is 0.241 e. The number of fused-ring (bicyclic) bond motifs is 1. The molecule has 0 spiro atoms. The average molecular weight is 449 g/mol. The van der Waals surface area contributed by atoms with Gasteiger partial charge in [-0.2, -0.15) is 0 Å². The van der Waals surface area contributed by atoms with Crippen LogP contribution in [0, 0.1) is 0 Å². The zero-order valence-electron chi connectivity index (χ0n) is 14.9. The number of pyridine rings is 2. The van der Waals surface area contributed by atoms with Crippen LogP contribution in [0.25, 0.3) is 10.8 Å². The predicted octanol–water partition coefficient (Wildman–Crippen LogP) is 2.89. The lowest BCUT2D eigenvalue weighted by molar-refractivity contribution is 0.537. The fraction of sp³-hybridized carbons (Fsp3) is 0.263. The molecule has 27 heavy (non-hydrogen) atoms. The first-order valence-corrected chi connectivity index (χ1v) is 10.9. The van der Waals surface area contributed by atoms with Gasteiger partial charge < -0.3 is 5.32 Å². The lowest BCUT2D eigenvalue weighted by Crippen LogP contribution is -2.40. The highest BCUT2D eigenvalue weighted by atomic mass is 79.9. The van der Waals surface area contributed by atoms with Crippen LogP contribution in [0.15, 0.2) is 64.5 Å². The standard InChI is InChI=1S/C19H21BrN4O2S/c1-14(11-22-9-6-15-3-2-8-21-12-15)24-27(25,26)18-5-4-16-13-23-10-7-17(16)19(18)20/h2-5,7-8,10,12-14,22,24H,6,9,11H2,1H3. The molecule has 0 aliphatic carbocycles. The summed E-state index contributed by atoms with van der Waals surface area (Å²) in [5.41, 5.74) is 1.15. The van der Waals surface area contributed by atoms with Gasteiger partial charge in [0, 0.05) is 52.6 Å². The van der Waals surface area contributed by atoms with Gasteiger partial charge >= 0.3 is 0 Å². The van der Waals surface area contributed by atoms with Crippen molar-refractivity contribution in [2.24, 2.45) is 0 Å². The molecule has 0 amide bonds. The summed E-state index contributed by atoms with van der Waals surface area (Å²) in [7, 11) is -3.64. The number of halogens is 1. The van der Waals surface area contributed by atoms with Crippen LogP contribution in [-0.4, -0.2) is 37.5 Å². The van der Waals surface area contributed by atoms with Gasteiger partial charge in [-0.25, -0.2) is 13.1 Å². The third kappa shape index (κ3) is 5.10. The van der Waals surface area contributed by atoms with Crippen molar-refractivity contribution in [1.29, 1.82) is 0 Å². The Bertz CT molecular complexity index is 1010. The molecule has 8 heteroatoms. The van der Waals surface area contributed by atoms with Crippen LogP contribution in [0.3, 0.4) is 0 Å². The van der Waals surface area contributed by atoms with Crippen LogP contribution in [0.4, 0.5) is 0 Å². The highest BCUT2D eigenvalue weighted by Gasteiger charge is 2.21. The first-order valence-electron chi connectivity index (χ1n) is 8.61. The molecule has 0 saturated heterocycles. The molecule has 1 unspecified atom stereocenters. The topological polar surface area (TPSA) is 84.0 Å². The van der Waals surface area contributed by atoms with Crippen LogP contribution >= 0.6 is 15.9 Å². The lowest BCUT2D eigenvalue weighted by Gasteiger charge is -2.16. The minimum absolute atomic E-state index is 0.225. The summed E-state index contributed by atoms with van der Waals surface area (Å²) in [5.74, 6) is 0. The summed E-state index contributed by atoms with van der Waals surface area (Å²) < 4.78 is 28.8. The summed E-state index contributed by atoms with van der Waals surface area (Å²) in [6.07, 6.45) is 7.78. The molecule has 0 aliphatic rings. The van der Waals surface area contributed by atoms with Crippen molar-refractivity contribution in [3.63, 3.8) is 0 Å². The quantitative estimate of drug-likeness (QED) is 0.517. The normalized spacial score (nSPS) is 13.0. The molecule has 1 aromatic carbocycles. The molecular weight excluding hydrogens is 428 g/mol. The van der Waals surface area contributed by atoms with Crippen molar-refractivity contribution < 1.29 is 8.42 Å². The largest absolute Gasteiger partial charge is 0.315 e. The summed E-state index contributed by atoms with van der Waals surface area (Å²) in [6, 6.07) is 8.83. The highest BCUT2D eigenvalue weighted by Crippen LogP contribution is 2.30. The van der Waals surface area contributed by atoms with E-state index in [0.29, 0.717) is 11.0 Å². The van der Waals surface area contributed by atoms with Gasteiger partial charge in [0.15, 0.2) is 0 Å². The van der Waals surface area contributed by atoms with Gasteiger partial charge in [0.25, 0.3) is 0 Å². The number of hydrogen-bond donors (Lipinski definition) is 2. The van der Waals surface area contributed by atoms with E-state index in [9.17, 15) is 8.42 Å². The first-order chi connectivity index (χ1) is 13.0. The maximum atomic E-state index is 12.8. The van der Waals surface area contributed by atoms with Crippen LogP contribution in [0.1, 0.15) is 12.5 Å². The molecule has 0 aliphatic heterocycles. The number of benzene rings is 1. The summed E-state index contributed by atoms with van der Waals surface area (Å²) in [6.45, 7) is 3.13. The molecule has 3 aromatic rings. The van der Waals surface area contributed by atoms with E-state index in [1.165, 1.54) is 0 Å². The second kappa shape index (κ2) is 8.88. The summed E-state index contributed by atoms with van der Waals surface area (Å²) >= 11 is 3.43. The predicted molar refractivity (Wildman–Crippen MR) is 110 cm³/mol. The second-order valence-corrected chi connectivity index (χ2v) is 8.79. The van der Waals surface area contributed by atoms with Gasteiger partial charge in [0.1, 0.15) is 0 Å². The Morgan fingerprint density at radius 1 is 1.11 bits per heavy atom. The lowest BCUT2D eigenvalue weighted by atomic mass is 10.2. The van der Waals surface area contributed by atoms with Crippen molar-refractivity contribution in [1.82, 2.24) is 20.0 Å². The molecule has 2 heterocycles. The number of hydrogen-bond acceptors (Lipinski definition) is 5. The van der Waals surface area contributed by atoms with Crippen molar-refractivity contribution in [3.05, 3.63) is 65.2 Å². The molecule has 0 fully saturated rings. The Balaban J connectivity index is 1.60. The van der Waals surface area contributed by atoms with Crippen molar-refractivity contribution >= 4 is 36.7 Å². The number of sulfonamides is 1. The molecule has 6 nitrogen and oxygen atoms in total. The Morgan fingerprint density at radius 2 is 1.93 bits per heavy atom. The minimum atomic E-state index is -3.64. The van der Waals surface area contributed by atoms with Gasteiger partial charge in [-0.05, 0) is 59.6 Å². The van der Waals surface area contributed by atoms with Crippen molar-refractivity contribution in [2.75, 3.05) is 13.1 Å². The number of nitrogens with one attached hydrogen (secondary N) is 2. The zero-order valence-corrected chi connectivity index (χ0v) is 17.3. The third-order valence-electron chi connectivity index (χ3n) is 4.13. The van der Waals surface area contributed by atoms with Crippen LogP contribution in [0.5, 0.6) is 0 Å². The van der Waals surface area contributed by atoms with E-state index in [2.05, 4.69) is 35.9 Å². The second-order valence-electron chi connectivity index (χ2n) is 6.31. The maximum absolute atomic E-state index is 12.8. The monoisotopic (exact) mass is 448 g/mol. The van der Waals surface area contributed by atoms with E-state index in [-0.39, 0.29) is 10.9 Å². The fourth-order valence-corrected chi connectivity index (χ4v) is 5.25.